The van der Waals surface area contributed by atoms with Gasteiger partial charge in [0.05, 0.1) is 6.10 Å². The first-order chi connectivity index (χ1) is 7.75. The second kappa shape index (κ2) is 5.46. The molecule has 3 atom stereocenters. The van der Waals surface area contributed by atoms with Crippen molar-refractivity contribution in [3.63, 3.8) is 0 Å². The molecule has 88 valence electrons. The summed E-state index contributed by atoms with van der Waals surface area (Å²) < 4.78 is 0. The van der Waals surface area contributed by atoms with E-state index in [1.807, 2.05) is 18.2 Å². The van der Waals surface area contributed by atoms with E-state index in [2.05, 4.69) is 24.4 Å². The topological polar surface area (TPSA) is 32.3 Å². The van der Waals surface area contributed by atoms with E-state index in [0.717, 1.165) is 37.8 Å². The van der Waals surface area contributed by atoms with Crippen LogP contribution in [0.5, 0.6) is 0 Å². The lowest BCUT2D eigenvalue weighted by molar-refractivity contribution is 0.173. The van der Waals surface area contributed by atoms with Crippen molar-refractivity contribution in [2.45, 2.75) is 25.9 Å². The van der Waals surface area contributed by atoms with Crippen LogP contribution in [0.15, 0.2) is 30.3 Å². The molecule has 1 aliphatic heterocycles. The summed E-state index contributed by atoms with van der Waals surface area (Å²) in [4.78, 5) is 0. The molecule has 1 aromatic rings. The Labute approximate surface area is 97.7 Å². The highest BCUT2D eigenvalue weighted by atomic mass is 16.3. The maximum Gasteiger partial charge on any atom is 0.0546 e. The number of aliphatic hydroxyl groups is 1. The summed E-state index contributed by atoms with van der Waals surface area (Å²) in [6.07, 6.45) is 2.09. The molecule has 1 saturated heterocycles. The van der Waals surface area contributed by atoms with Crippen LogP contribution in [0.1, 0.15) is 18.4 Å². The second-order valence-corrected chi connectivity index (χ2v) is 4.96. The number of aryl methyl sites for hydroxylation is 1. The number of nitrogens with one attached hydrogen (secondary N) is 1. The molecule has 0 radical (unpaired) electrons. The van der Waals surface area contributed by atoms with E-state index in [4.69, 9.17) is 0 Å². The van der Waals surface area contributed by atoms with Crippen LogP contribution in [0.2, 0.25) is 0 Å². The lowest BCUT2D eigenvalue weighted by Crippen LogP contribution is -2.13. The normalized spacial score (nSPS) is 31.8. The van der Waals surface area contributed by atoms with Crippen LogP contribution in [0, 0.1) is 18.8 Å². The van der Waals surface area contributed by atoms with Crippen molar-refractivity contribution in [2.24, 2.45) is 11.8 Å². The van der Waals surface area contributed by atoms with E-state index >= 15 is 0 Å². The monoisotopic (exact) mass is 219 g/mol. The minimum atomic E-state index is 0.0158. The zero-order valence-electron chi connectivity index (χ0n) is 9.89. The molecule has 1 aliphatic carbocycles. The molecule has 0 bridgehead atoms. The third-order valence-corrected chi connectivity index (χ3v) is 3.57. The van der Waals surface area contributed by atoms with Crippen molar-refractivity contribution in [3.8, 4) is 0 Å². The Kier molecular flexibility index (Phi) is 3.97. The molecule has 0 spiro atoms. The molecule has 2 fully saturated rings. The molecule has 1 saturated carbocycles. The smallest absolute Gasteiger partial charge is 0.0546 e. The van der Waals surface area contributed by atoms with E-state index in [1.165, 1.54) is 5.56 Å². The van der Waals surface area contributed by atoms with Crippen LogP contribution in [-0.2, 0) is 0 Å². The molecule has 1 aromatic carbocycles. The van der Waals surface area contributed by atoms with Crippen molar-refractivity contribution in [1.29, 1.82) is 0 Å². The summed E-state index contributed by atoms with van der Waals surface area (Å²) in [5.41, 5.74) is 1.32. The van der Waals surface area contributed by atoms with Gasteiger partial charge in [0, 0.05) is 0 Å². The maximum atomic E-state index is 9.21. The van der Waals surface area contributed by atoms with Gasteiger partial charge in [-0.1, -0.05) is 35.9 Å². The Morgan fingerprint density at radius 2 is 1.62 bits per heavy atom. The predicted octanol–water partition coefficient (Wildman–Crippen LogP) is 1.97. The number of benzene rings is 1. The molecule has 2 aliphatic rings. The first-order valence-corrected chi connectivity index (χ1v) is 6.16. The Balaban J connectivity index is 0.000000125. The average molecular weight is 219 g/mol. The van der Waals surface area contributed by atoms with Gasteiger partial charge in [0.2, 0.25) is 0 Å². The third-order valence-electron chi connectivity index (χ3n) is 3.57. The highest BCUT2D eigenvalue weighted by Crippen LogP contribution is 2.33. The lowest BCUT2D eigenvalue weighted by Gasteiger charge is -2.02. The fourth-order valence-corrected chi connectivity index (χ4v) is 2.67. The van der Waals surface area contributed by atoms with Gasteiger partial charge in [0.25, 0.3) is 0 Å². The van der Waals surface area contributed by atoms with Crippen LogP contribution in [-0.4, -0.2) is 24.3 Å². The van der Waals surface area contributed by atoms with Crippen LogP contribution in [0.4, 0.5) is 0 Å². The van der Waals surface area contributed by atoms with E-state index in [9.17, 15) is 5.11 Å². The van der Waals surface area contributed by atoms with Crippen molar-refractivity contribution >= 4 is 0 Å². The Bertz CT molecular complexity index is 300. The van der Waals surface area contributed by atoms with E-state index in [0.29, 0.717) is 0 Å². The highest BCUT2D eigenvalue weighted by Gasteiger charge is 2.35. The summed E-state index contributed by atoms with van der Waals surface area (Å²) >= 11 is 0. The zero-order chi connectivity index (χ0) is 11.4. The van der Waals surface area contributed by atoms with Crippen LogP contribution < -0.4 is 5.32 Å². The summed E-state index contributed by atoms with van der Waals surface area (Å²) in [6, 6.07) is 10.3. The van der Waals surface area contributed by atoms with Crippen molar-refractivity contribution in [2.75, 3.05) is 13.1 Å². The Hall–Kier alpha value is -0.860. The van der Waals surface area contributed by atoms with Crippen molar-refractivity contribution in [3.05, 3.63) is 35.9 Å². The van der Waals surface area contributed by atoms with Crippen molar-refractivity contribution in [1.82, 2.24) is 5.32 Å². The van der Waals surface area contributed by atoms with Gasteiger partial charge in [0.1, 0.15) is 0 Å². The summed E-state index contributed by atoms with van der Waals surface area (Å²) in [5, 5.41) is 12.5. The van der Waals surface area contributed by atoms with Gasteiger partial charge in [-0.3, -0.25) is 0 Å². The van der Waals surface area contributed by atoms with Gasteiger partial charge >= 0.3 is 0 Å². The van der Waals surface area contributed by atoms with Gasteiger partial charge in [-0.25, -0.2) is 0 Å². The number of rotatable bonds is 0. The fraction of sp³-hybridized carbons (Fsp3) is 0.571. The highest BCUT2D eigenvalue weighted by molar-refractivity contribution is 5.11. The Morgan fingerprint density at radius 1 is 1.06 bits per heavy atom. The molecular formula is C14H21NO. The van der Waals surface area contributed by atoms with E-state index in [-0.39, 0.29) is 6.10 Å². The van der Waals surface area contributed by atoms with Gasteiger partial charge in [-0.15, -0.1) is 0 Å². The molecule has 2 nitrogen and oxygen atoms in total. The average Bonchev–Trinajstić information content (AvgIpc) is 2.79. The molecule has 1 unspecified atom stereocenters. The largest absolute Gasteiger partial charge is 0.393 e. The molecule has 2 heteroatoms. The van der Waals surface area contributed by atoms with E-state index < -0.39 is 0 Å². The molecule has 16 heavy (non-hydrogen) atoms. The molecule has 0 aromatic heterocycles. The first-order valence-electron chi connectivity index (χ1n) is 6.16. The number of aliphatic hydroxyl groups excluding tert-OH is 1. The summed E-state index contributed by atoms with van der Waals surface area (Å²) in [6.45, 7) is 4.36. The number of hydrogen-bond acceptors (Lipinski definition) is 2. The third kappa shape index (κ3) is 3.06. The van der Waals surface area contributed by atoms with E-state index in [1.54, 1.807) is 0 Å². The predicted molar refractivity (Wildman–Crippen MR) is 66.3 cm³/mol. The summed E-state index contributed by atoms with van der Waals surface area (Å²) in [5.74, 6) is 1.58. The van der Waals surface area contributed by atoms with Crippen LogP contribution >= 0.6 is 0 Å². The maximum absolute atomic E-state index is 9.21. The SMILES string of the molecule is Cc1ccccc1.OC1C[C@H]2CNC[C@H]2C1. The standard InChI is InChI=1S/C7H13NO.C7H8/c9-7-1-5-3-8-4-6(5)2-7;1-7-5-3-2-4-6-7/h5-9H,1-4H2;2-6H,1H3/t5-,6+,7?;. The zero-order valence-corrected chi connectivity index (χ0v) is 9.89. The molecule has 1 heterocycles. The Morgan fingerprint density at radius 3 is 2.06 bits per heavy atom. The van der Waals surface area contributed by atoms with Crippen LogP contribution in [0.3, 0.4) is 0 Å². The molecular weight excluding hydrogens is 198 g/mol. The van der Waals surface area contributed by atoms with Gasteiger partial charge in [0.15, 0.2) is 0 Å². The van der Waals surface area contributed by atoms with Crippen molar-refractivity contribution < 1.29 is 5.11 Å². The number of hydrogen-bond donors (Lipinski definition) is 2. The summed E-state index contributed by atoms with van der Waals surface area (Å²) in [7, 11) is 0. The quantitative estimate of drug-likeness (QED) is 0.699. The first kappa shape index (κ1) is 11.6. The minimum absolute atomic E-state index is 0.0158. The van der Waals surface area contributed by atoms with Crippen LogP contribution in [0.25, 0.3) is 0 Å². The van der Waals surface area contributed by atoms with Gasteiger partial charge in [-0.05, 0) is 44.7 Å². The van der Waals surface area contributed by atoms with Gasteiger partial charge < -0.3 is 10.4 Å². The molecule has 3 rings (SSSR count). The molecule has 2 N–H and O–H groups in total. The number of fused-ring (bicyclic) bond motifs is 1. The molecule has 0 amide bonds. The minimum Gasteiger partial charge on any atom is -0.393 e. The second-order valence-electron chi connectivity index (χ2n) is 4.96. The lowest BCUT2D eigenvalue weighted by atomic mass is 10.0. The fourth-order valence-electron chi connectivity index (χ4n) is 2.67. The van der Waals surface area contributed by atoms with Gasteiger partial charge in [-0.2, -0.15) is 0 Å².